The van der Waals surface area contributed by atoms with Crippen molar-refractivity contribution in [1.82, 2.24) is 25.1 Å². The Morgan fingerprint density at radius 3 is 2.70 bits per heavy atom. The minimum Gasteiger partial charge on any atom is -0.290 e. The second kappa shape index (κ2) is 9.49. The molecule has 0 unspecified atom stereocenters. The number of carbonyl (C=O) groups excluding carboxylic acids is 2. The predicted octanol–water partition coefficient (Wildman–Crippen LogP) is 4.11. The number of nitrogens with one attached hydrogen (secondary N) is 2. The lowest BCUT2D eigenvalue weighted by Gasteiger charge is -2.18. The smallest absolute Gasteiger partial charge is 0.250 e. The van der Waals surface area contributed by atoms with E-state index in [1.165, 1.54) is 36.1 Å². The number of nitrogens with zero attached hydrogens (tertiary/aromatic N) is 5. The van der Waals surface area contributed by atoms with Crippen LogP contribution in [-0.2, 0) is 9.59 Å². The molecule has 2 amide bonds. The van der Waals surface area contributed by atoms with Gasteiger partial charge in [-0.3, -0.25) is 24.9 Å². The number of amides is 2. The van der Waals surface area contributed by atoms with E-state index in [4.69, 9.17) is 0 Å². The number of halogens is 1. The Kier molecular flexibility index (Phi) is 6.31. The van der Waals surface area contributed by atoms with Crippen molar-refractivity contribution in [3.05, 3.63) is 71.1 Å². The highest BCUT2D eigenvalue weighted by atomic mass is 32.1. The number of anilines is 3. The summed E-state index contributed by atoms with van der Waals surface area (Å²) in [6.45, 7) is 3.19. The van der Waals surface area contributed by atoms with Crippen LogP contribution in [0.4, 0.5) is 21.2 Å². The van der Waals surface area contributed by atoms with Gasteiger partial charge in [-0.25, -0.2) is 14.4 Å². The summed E-state index contributed by atoms with van der Waals surface area (Å²) in [4.78, 5) is 38.5. The molecule has 166 valence electrons. The molecule has 0 fully saturated rings. The summed E-state index contributed by atoms with van der Waals surface area (Å²) < 4.78 is 14.2. The highest BCUT2D eigenvalue weighted by Gasteiger charge is 2.20. The van der Waals surface area contributed by atoms with Gasteiger partial charge in [-0.1, -0.05) is 18.2 Å². The number of benzene rings is 1. The molecule has 1 aromatic carbocycles. The first-order valence-electron chi connectivity index (χ1n) is 9.77. The molecule has 0 bridgehead atoms. The molecule has 0 aliphatic heterocycles. The van der Waals surface area contributed by atoms with E-state index in [2.05, 4.69) is 30.5 Å². The highest BCUT2D eigenvalue weighted by molar-refractivity contribution is 7.14. The van der Waals surface area contributed by atoms with Crippen molar-refractivity contribution >= 4 is 46.0 Å². The van der Waals surface area contributed by atoms with Gasteiger partial charge >= 0.3 is 0 Å². The number of aromatic nitrogens is 5. The van der Waals surface area contributed by atoms with Crippen LogP contribution in [0.1, 0.15) is 18.3 Å². The van der Waals surface area contributed by atoms with Crippen molar-refractivity contribution < 1.29 is 14.0 Å². The Hall–Kier alpha value is -4.25. The monoisotopic (exact) mass is 463 g/mol. The summed E-state index contributed by atoms with van der Waals surface area (Å²) in [6, 6.07) is 11.4. The zero-order valence-corrected chi connectivity index (χ0v) is 18.4. The third-order valence-corrected chi connectivity index (χ3v) is 5.21. The van der Waals surface area contributed by atoms with Crippen molar-refractivity contribution in [2.75, 3.05) is 10.2 Å². The minimum absolute atomic E-state index is 0.101. The number of carbonyl (C=O) groups is 2. The lowest BCUT2D eigenvalue weighted by Crippen LogP contribution is -2.23. The fourth-order valence-corrected chi connectivity index (χ4v) is 3.76. The summed E-state index contributed by atoms with van der Waals surface area (Å²) in [7, 11) is 0. The first-order chi connectivity index (χ1) is 15.9. The van der Waals surface area contributed by atoms with Crippen LogP contribution in [0.3, 0.4) is 0 Å². The molecule has 9 nitrogen and oxygen atoms in total. The van der Waals surface area contributed by atoms with Gasteiger partial charge < -0.3 is 0 Å². The van der Waals surface area contributed by atoms with E-state index in [9.17, 15) is 14.0 Å². The maximum absolute atomic E-state index is 14.2. The molecule has 0 saturated heterocycles. The third kappa shape index (κ3) is 5.15. The Morgan fingerprint density at radius 1 is 1.12 bits per heavy atom. The summed E-state index contributed by atoms with van der Waals surface area (Å²) >= 11 is 1.15. The van der Waals surface area contributed by atoms with Gasteiger partial charge in [0.15, 0.2) is 11.0 Å². The number of thiazole rings is 1. The number of rotatable bonds is 6. The summed E-state index contributed by atoms with van der Waals surface area (Å²) in [5, 5.41) is 11.2. The molecular weight excluding hydrogens is 445 g/mol. The molecule has 0 spiro atoms. The number of H-pyrrole nitrogens is 1. The fraction of sp³-hybridized carbons (Fsp3) is 0.0909. The number of hydrogen-bond acceptors (Lipinski definition) is 7. The molecule has 3 aromatic heterocycles. The molecule has 0 aliphatic carbocycles. The maximum atomic E-state index is 14.2. The maximum Gasteiger partial charge on any atom is 0.250 e. The number of hydrogen-bond donors (Lipinski definition) is 2. The fourth-order valence-electron chi connectivity index (χ4n) is 2.92. The number of aromatic amines is 1. The molecule has 0 saturated carbocycles. The summed E-state index contributed by atoms with van der Waals surface area (Å²) in [5.74, 6) is -0.856. The van der Waals surface area contributed by atoms with Gasteiger partial charge in [0.05, 0.1) is 11.4 Å². The number of aryl methyl sites for hydroxylation is 1. The molecule has 3 heterocycles. The first kappa shape index (κ1) is 22.0. The first-order valence-corrected chi connectivity index (χ1v) is 10.6. The van der Waals surface area contributed by atoms with Crippen molar-refractivity contribution in [3.63, 3.8) is 0 Å². The molecule has 11 heteroatoms. The van der Waals surface area contributed by atoms with Gasteiger partial charge in [-0.15, -0.1) is 16.4 Å². The number of pyridine rings is 1. The predicted molar refractivity (Wildman–Crippen MR) is 123 cm³/mol. The average molecular weight is 463 g/mol. The zero-order valence-electron chi connectivity index (χ0n) is 17.6. The van der Waals surface area contributed by atoms with E-state index in [1.807, 2.05) is 19.1 Å². The van der Waals surface area contributed by atoms with Crippen molar-refractivity contribution in [3.8, 4) is 11.5 Å². The quantitative estimate of drug-likeness (QED) is 0.416. The Labute approximate surface area is 192 Å². The average Bonchev–Trinajstić information content (AvgIpc) is 3.44. The second-order valence-corrected chi connectivity index (χ2v) is 7.69. The van der Waals surface area contributed by atoms with Crippen LogP contribution in [0.15, 0.2) is 53.9 Å². The molecule has 4 rings (SSSR count). The van der Waals surface area contributed by atoms with Gasteiger partial charge in [0, 0.05) is 24.1 Å². The lowest BCUT2D eigenvalue weighted by molar-refractivity contribution is -0.116. The minimum atomic E-state index is -0.536. The molecule has 33 heavy (non-hydrogen) atoms. The summed E-state index contributed by atoms with van der Waals surface area (Å²) in [5.41, 5.74) is 1.99. The van der Waals surface area contributed by atoms with E-state index in [0.717, 1.165) is 17.0 Å². The molecular formula is C22H18FN7O2S. The van der Waals surface area contributed by atoms with Crippen LogP contribution in [0.25, 0.3) is 17.6 Å². The van der Waals surface area contributed by atoms with Crippen molar-refractivity contribution in [2.45, 2.75) is 13.8 Å². The van der Waals surface area contributed by atoms with Crippen LogP contribution in [0.5, 0.6) is 0 Å². The molecule has 4 aromatic rings. The molecule has 0 aliphatic rings. The van der Waals surface area contributed by atoms with Crippen LogP contribution >= 0.6 is 11.3 Å². The standard InChI is InChI=1S/C22H18FN7O2S/c1-13-6-5-8-17(24-13)20-27-21(29-28-20)26-19(32)11-10-15-12-33-22(25-15)30(14(2)31)18-9-4-3-7-16(18)23/h3-12H,1-2H3,(H2,26,27,28,29,32). The Balaban J connectivity index is 1.44. The van der Waals surface area contributed by atoms with Crippen molar-refractivity contribution in [2.24, 2.45) is 0 Å². The van der Waals surface area contributed by atoms with Gasteiger partial charge in [0.1, 0.15) is 11.5 Å². The van der Waals surface area contributed by atoms with E-state index >= 15 is 0 Å². The van der Waals surface area contributed by atoms with Crippen LogP contribution in [0.2, 0.25) is 0 Å². The third-order valence-electron chi connectivity index (χ3n) is 4.37. The largest absolute Gasteiger partial charge is 0.290 e. The van der Waals surface area contributed by atoms with E-state index in [0.29, 0.717) is 17.2 Å². The lowest BCUT2D eigenvalue weighted by atomic mass is 10.3. The van der Waals surface area contributed by atoms with Gasteiger partial charge in [-0.05, 0) is 37.3 Å². The molecule has 0 atom stereocenters. The second-order valence-electron chi connectivity index (χ2n) is 6.86. The van der Waals surface area contributed by atoms with Crippen LogP contribution < -0.4 is 10.2 Å². The molecule has 0 radical (unpaired) electrons. The van der Waals surface area contributed by atoms with E-state index in [-0.39, 0.29) is 22.7 Å². The highest BCUT2D eigenvalue weighted by Crippen LogP contribution is 2.31. The SMILES string of the molecule is CC(=O)N(c1nc(C=CC(=O)Nc2n[nH]c(-c3cccc(C)n3)n2)cs1)c1ccccc1F. The van der Waals surface area contributed by atoms with Gasteiger partial charge in [0.2, 0.25) is 11.9 Å². The topological polar surface area (TPSA) is 117 Å². The number of para-hydroxylation sites is 1. The molecule has 2 N–H and O–H groups in total. The van der Waals surface area contributed by atoms with E-state index < -0.39 is 11.7 Å². The van der Waals surface area contributed by atoms with Gasteiger partial charge in [0.25, 0.3) is 5.91 Å². The van der Waals surface area contributed by atoms with E-state index in [1.54, 1.807) is 23.6 Å². The van der Waals surface area contributed by atoms with Gasteiger partial charge in [-0.2, -0.15) is 4.98 Å². The zero-order chi connectivity index (χ0) is 23.4. The Bertz CT molecular complexity index is 1350. The van der Waals surface area contributed by atoms with Crippen LogP contribution in [-0.4, -0.2) is 37.0 Å². The summed E-state index contributed by atoms with van der Waals surface area (Å²) in [6.07, 6.45) is 2.74. The normalized spacial score (nSPS) is 11.0. The van der Waals surface area contributed by atoms with Crippen LogP contribution in [0, 0.1) is 12.7 Å². The van der Waals surface area contributed by atoms with Crippen molar-refractivity contribution in [1.29, 1.82) is 0 Å². The Morgan fingerprint density at radius 2 is 1.94 bits per heavy atom.